The minimum absolute atomic E-state index is 0.784. The molecule has 0 heterocycles. The van der Waals surface area contributed by atoms with Gasteiger partial charge in [-0.25, -0.2) is 0 Å². The molecule has 0 saturated carbocycles. The third kappa shape index (κ3) is 1.47. The third-order valence-corrected chi connectivity index (χ3v) is 1.62. The van der Waals surface area contributed by atoms with Gasteiger partial charge in [0.05, 0.1) is 6.26 Å². The van der Waals surface area contributed by atoms with Gasteiger partial charge in [0, 0.05) is 0 Å². The molecule has 0 aromatic heterocycles. The maximum atomic E-state index is 10.2. The zero-order valence-corrected chi connectivity index (χ0v) is 5.71. The second-order valence-electron chi connectivity index (χ2n) is 2.39. The molecule has 1 aliphatic rings. The van der Waals surface area contributed by atoms with E-state index in [2.05, 4.69) is 0 Å². The van der Waals surface area contributed by atoms with Crippen molar-refractivity contribution in [3.63, 3.8) is 0 Å². The van der Waals surface area contributed by atoms with Crippen LogP contribution in [0.5, 0.6) is 0 Å². The van der Waals surface area contributed by atoms with Crippen molar-refractivity contribution in [3.05, 3.63) is 23.5 Å². The van der Waals surface area contributed by atoms with Crippen molar-refractivity contribution >= 4 is 6.29 Å². The molecular formula is C8H10O2. The van der Waals surface area contributed by atoms with Gasteiger partial charge in [-0.05, 0) is 36.5 Å². The first-order chi connectivity index (χ1) is 4.86. The van der Waals surface area contributed by atoms with Crippen LogP contribution in [0.25, 0.3) is 0 Å². The highest BCUT2D eigenvalue weighted by Gasteiger charge is 2.05. The Balaban J connectivity index is 2.75. The van der Waals surface area contributed by atoms with Gasteiger partial charge in [-0.1, -0.05) is 0 Å². The fourth-order valence-corrected chi connectivity index (χ4v) is 1.07. The standard InChI is InChI=1S/C8H10O2/c9-5-7-2-1-3-8(4-7)6-10/h4-6,9H,1-3H2/b7-5-. The molecule has 0 amide bonds. The van der Waals surface area contributed by atoms with E-state index < -0.39 is 0 Å². The lowest BCUT2D eigenvalue weighted by Crippen LogP contribution is -1.95. The molecule has 2 heteroatoms. The molecule has 2 nitrogen and oxygen atoms in total. The minimum atomic E-state index is 0.784. The number of hydrogen-bond acceptors (Lipinski definition) is 2. The predicted octanol–water partition coefficient (Wildman–Crippen LogP) is 1.74. The summed E-state index contributed by atoms with van der Waals surface area (Å²) in [5.74, 6) is 0. The SMILES string of the molecule is O=CC1=C/C(=C\O)CCC1. The number of allylic oxidation sites excluding steroid dienone is 3. The van der Waals surface area contributed by atoms with E-state index in [1.54, 1.807) is 6.08 Å². The molecule has 1 aliphatic carbocycles. The van der Waals surface area contributed by atoms with Crippen LogP contribution in [0.1, 0.15) is 19.3 Å². The highest BCUT2D eigenvalue weighted by atomic mass is 16.2. The number of rotatable bonds is 1. The molecule has 0 aromatic rings. The van der Waals surface area contributed by atoms with Crippen LogP contribution in [0, 0.1) is 0 Å². The zero-order chi connectivity index (χ0) is 7.40. The number of aliphatic hydroxyl groups is 1. The van der Waals surface area contributed by atoms with Gasteiger partial charge < -0.3 is 5.11 Å². The molecule has 0 fully saturated rings. The monoisotopic (exact) mass is 138 g/mol. The van der Waals surface area contributed by atoms with Crippen LogP contribution in [-0.4, -0.2) is 11.4 Å². The number of hydrogen-bond donors (Lipinski definition) is 1. The number of aldehydes is 1. The summed E-state index contributed by atoms with van der Waals surface area (Å²) in [4.78, 5) is 10.2. The van der Waals surface area contributed by atoms with Gasteiger partial charge >= 0.3 is 0 Å². The smallest absolute Gasteiger partial charge is 0.146 e. The molecule has 0 unspecified atom stereocenters. The van der Waals surface area contributed by atoms with Gasteiger partial charge in [0.1, 0.15) is 6.29 Å². The molecule has 10 heavy (non-hydrogen) atoms. The van der Waals surface area contributed by atoms with E-state index in [1.165, 1.54) is 0 Å². The van der Waals surface area contributed by atoms with Gasteiger partial charge in [-0.3, -0.25) is 4.79 Å². The highest BCUT2D eigenvalue weighted by molar-refractivity contribution is 5.74. The molecule has 0 aliphatic heterocycles. The average molecular weight is 138 g/mol. The summed E-state index contributed by atoms with van der Waals surface area (Å²) < 4.78 is 0. The minimum Gasteiger partial charge on any atom is -0.515 e. The van der Waals surface area contributed by atoms with Crippen LogP contribution in [0.2, 0.25) is 0 Å². The molecule has 0 saturated heterocycles. The van der Waals surface area contributed by atoms with E-state index in [4.69, 9.17) is 5.11 Å². The lowest BCUT2D eigenvalue weighted by atomic mass is 9.97. The van der Waals surface area contributed by atoms with Gasteiger partial charge in [-0.2, -0.15) is 0 Å². The Kier molecular flexibility index (Phi) is 2.26. The normalized spacial score (nSPS) is 22.4. The second-order valence-corrected chi connectivity index (χ2v) is 2.39. The number of carbonyl (C=O) groups is 1. The Bertz CT molecular complexity index is 189. The second kappa shape index (κ2) is 3.20. The van der Waals surface area contributed by atoms with Crippen molar-refractivity contribution in [2.24, 2.45) is 0 Å². The first kappa shape index (κ1) is 7.06. The molecule has 1 rings (SSSR count). The molecule has 0 aromatic carbocycles. The Labute approximate surface area is 59.9 Å². The van der Waals surface area contributed by atoms with E-state index >= 15 is 0 Å². The molecule has 0 bridgehead atoms. The maximum Gasteiger partial charge on any atom is 0.146 e. The fraction of sp³-hybridized carbons (Fsp3) is 0.375. The van der Waals surface area contributed by atoms with Crippen LogP contribution in [-0.2, 0) is 4.79 Å². The van der Waals surface area contributed by atoms with Crippen molar-refractivity contribution in [2.75, 3.05) is 0 Å². The predicted molar refractivity (Wildman–Crippen MR) is 38.7 cm³/mol. The number of carbonyl (C=O) groups excluding carboxylic acids is 1. The zero-order valence-electron chi connectivity index (χ0n) is 5.71. The van der Waals surface area contributed by atoms with Crippen LogP contribution < -0.4 is 0 Å². The van der Waals surface area contributed by atoms with Crippen molar-refractivity contribution in [3.8, 4) is 0 Å². The summed E-state index contributed by atoms with van der Waals surface area (Å²) in [5.41, 5.74) is 1.64. The van der Waals surface area contributed by atoms with Gasteiger partial charge in [0.2, 0.25) is 0 Å². The van der Waals surface area contributed by atoms with E-state index in [1.807, 2.05) is 0 Å². The highest BCUT2D eigenvalue weighted by Crippen LogP contribution is 2.19. The van der Waals surface area contributed by atoms with E-state index in [9.17, 15) is 4.79 Å². The Morgan fingerprint density at radius 3 is 2.90 bits per heavy atom. The van der Waals surface area contributed by atoms with Gasteiger partial charge in [0.25, 0.3) is 0 Å². The van der Waals surface area contributed by atoms with E-state index in [-0.39, 0.29) is 0 Å². The Morgan fingerprint density at radius 1 is 1.50 bits per heavy atom. The first-order valence-corrected chi connectivity index (χ1v) is 3.36. The fourth-order valence-electron chi connectivity index (χ4n) is 1.07. The summed E-state index contributed by atoms with van der Waals surface area (Å²) in [7, 11) is 0. The van der Waals surface area contributed by atoms with Crippen molar-refractivity contribution in [1.29, 1.82) is 0 Å². The number of aliphatic hydroxyl groups excluding tert-OH is 1. The summed E-state index contributed by atoms with van der Waals surface area (Å²) in [6.45, 7) is 0. The van der Waals surface area contributed by atoms with Crippen LogP contribution in [0.4, 0.5) is 0 Å². The van der Waals surface area contributed by atoms with Crippen molar-refractivity contribution in [1.82, 2.24) is 0 Å². The lowest BCUT2D eigenvalue weighted by Gasteiger charge is -2.08. The van der Waals surface area contributed by atoms with Crippen molar-refractivity contribution < 1.29 is 9.90 Å². The van der Waals surface area contributed by atoms with E-state index in [0.29, 0.717) is 0 Å². The van der Waals surface area contributed by atoms with Gasteiger partial charge in [0.15, 0.2) is 0 Å². The van der Waals surface area contributed by atoms with E-state index in [0.717, 1.165) is 43.0 Å². The summed E-state index contributed by atoms with van der Waals surface area (Å²) in [6.07, 6.45) is 6.37. The van der Waals surface area contributed by atoms with Crippen molar-refractivity contribution in [2.45, 2.75) is 19.3 Å². The molecule has 1 N–H and O–H groups in total. The van der Waals surface area contributed by atoms with Crippen LogP contribution in [0.15, 0.2) is 23.5 Å². The molecule has 0 atom stereocenters. The first-order valence-electron chi connectivity index (χ1n) is 3.36. The molecule has 0 radical (unpaired) electrons. The Hall–Kier alpha value is -1.05. The maximum absolute atomic E-state index is 10.2. The van der Waals surface area contributed by atoms with Crippen LogP contribution in [0.3, 0.4) is 0 Å². The topological polar surface area (TPSA) is 37.3 Å². The molecule has 54 valence electrons. The summed E-state index contributed by atoms with van der Waals surface area (Å²) in [5, 5.41) is 8.58. The Morgan fingerprint density at radius 2 is 2.30 bits per heavy atom. The molecular weight excluding hydrogens is 128 g/mol. The third-order valence-electron chi connectivity index (χ3n) is 1.62. The lowest BCUT2D eigenvalue weighted by molar-refractivity contribution is -0.105. The average Bonchev–Trinajstić information content (AvgIpc) is 2.05. The van der Waals surface area contributed by atoms with Gasteiger partial charge in [-0.15, -0.1) is 0 Å². The quantitative estimate of drug-likeness (QED) is 0.442. The summed E-state index contributed by atoms with van der Waals surface area (Å²) >= 11 is 0. The summed E-state index contributed by atoms with van der Waals surface area (Å²) in [6, 6.07) is 0. The molecule has 0 spiro atoms. The van der Waals surface area contributed by atoms with Crippen LogP contribution >= 0.6 is 0 Å². The largest absolute Gasteiger partial charge is 0.515 e.